The zero-order chi connectivity index (χ0) is 21.4. The zero-order valence-electron chi connectivity index (χ0n) is 16.9. The normalized spacial score (nSPS) is 17.0. The Morgan fingerprint density at radius 2 is 2.03 bits per heavy atom. The van der Waals surface area contributed by atoms with E-state index in [4.69, 9.17) is 4.74 Å². The Hall–Kier alpha value is -2.58. The van der Waals surface area contributed by atoms with Gasteiger partial charge in [-0.15, -0.1) is 0 Å². The molecule has 1 aliphatic heterocycles. The number of carbonyl (C=O) groups excluding carboxylic acids is 1. The van der Waals surface area contributed by atoms with Crippen LogP contribution in [0.5, 0.6) is 0 Å². The van der Waals surface area contributed by atoms with Gasteiger partial charge in [-0.25, -0.2) is 14.5 Å². The highest BCUT2D eigenvalue weighted by atomic mass is 19.4. The third-order valence-electron chi connectivity index (χ3n) is 4.70. The van der Waals surface area contributed by atoms with Crippen LogP contribution in [-0.4, -0.2) is 32.6 Å². The van der Waals surface area contributed by atoms with E-state index in [0.717, 1.165) is 16.7 Å². The second kappa shape index (κ2) is 7.68. The molecule has 29 heavy (non-hydrogen) atoms. The van der Waals surface area contributed by atoms with Gasteiger partial charge >= 0.3 is 12.3 Å². The summed E-state index contributed by atoms with van der Waals surface area (Å²) in [6.07, 6.45) is -4.83. The number of halogens is 3. The number of nitrogens with one attached hydrogen (secondary N) is 1. The van der Waals surface area contributed by atoms with Crippen molar-refractivity contribution in [1.82, 2.24) is 20.1 Å². The monoisotopic (exact) mass is 410 g/mol. The number of carbonyl (C=O) groups is 1. The topological polar surface area (TPSA) is 69.0 Å². The van der Waals surface area contributed by atoms with Crippen LogP contribution < -0.4 is 5.32 Å². The van der Waals surface area contributed by atoms with E-state index in [1.165, 1.54) is 0 Å². The molecule has 0 spiro atoms. The van der Waals surface area contributed by atoms with Crippen LogP contribution >= 0.6 is 0 Å². The number of aryl methyl sites for hydroxylation is 2. The zero-order valence-corrected chi connectivity index (χ0v) is 16.9. The van der Waals surface area contributed by atoms with Gasteiger partial charge in [-0.2, -0.15) is 18.3 Å². The molecule has 0 saturated carbocycles. The molecule has 1 aliphatic rings. The molecule has 3 rings (SSSR count). The number of ether oxygens (including phenoxy) is 1. The van der Waals surface area contributed by atoms with Gasteiger partial charge in [-0.05, 0) is 45.2 Å². The van der Waals surface area contributed by atoms with E-state index in [0.29, 0.717) is 18.2 Å². The van der Waals surface area contributed by atoms with Crippen molar-refractivity contribution in [3.8, 4) is 11.4 Å². The molecule has 0 saturated heterocycles. The average Bonchev–Trinajstić information content (AvgIpc) is 3.00. The molecule has 158 valence electrons. The minimum Gasteiger partial charge on any atom is -0.444 e. The Labute approximate surface area is 167 Å². The number of alkyl halides is 3. The molecule has 1 aromatic heterocycles. The minimum atomic E-state index is -4.21. The first-order chi connectivity index (χ1) is 13.4. The molecule has 0 radical (unpaired) electrons. The third kappa shape index (κ3) is 5.27. The maximum absolute atomic E-state index is 13.0. The van der Waals surface area contributed by atoms with Crippen molar-refractivity contribution < 1.29 is 22.7 Å². The first-order valence-electron chi connectivity index (χ1n) is 9.49. The van der Waals surface area contributed by atoms with Crippen LogP contribution in [0.2, 0.25) is 0 Å². The summed E-state index contributed by atoms with van der Waals surface area (Å²) in [4.78, 5) is 16.1. The van der Waals surface area contributed by atoms with Crippen molar-refractivity contribution in [2.45, 2.75) is 65.4 Å². The number of aromatic nitrogens is 3. The lowest BCUT2D eigenvalue weighted by Gasteiger charge is -2.24. The summed E-state index contributed by atoms with van der Waals surface area (Å²) in [5.74, 6) is -0.579. The van der Waals surface area contributed by atoms with Crippen molar-refractivity contribution in [2.75, 3.05) is 0 Å². The Morgan fingerprint density at radius 3 is 2.66 bits per heavy atom. The highest BCUT2D eigenvalue weighted by Crippen LogP contribution is 2.35. The molecular weight excluding hydrogens is 385 g/mol. The molecule has 6 nitrogen and oxygen atoms in total. The highest BCUT2D eigenvalue weighted by Gasteiger charge is 2.42. The van der Waals surface area contributed by atoms with E-state index >= 15 is 0 Å². The Kier molecular flexibility index (Phi) is 5.60. The minimum absolute atomic E-state index is 0.0214. The maximum atomic E-state index is 13.0. The molecular formula is C20H25F3N4O2. The number of rotatable bonds is 3. The lowest BCUT2D eigenvalue weighted by molar-refractivity contribution is -0.179. The summed E-state index contributed by atoms with van der Waals surface area (Å²) in [7, 11) is 0. The predicted octanol–water partition coefficient (Wildman–Crippen LogP) is 4.40. The fraction of sp³-hybridized carbons (Fsp3) is 0.550. The van der Waals surface area contributed by atoms with Crippen molar-refractivity contribution >= 4 is 6.09 Å². The third-order valence-corrected chi connectivity index (χ3v) is 4.70. The molecule has 1 unspecified atom stereocenters. The molecule has 0 aliphatic carbocycles. The first kappa shape index (κ1) is 21.1. The van der Waals surface area contributed by atoms with E-state index in [-0.39, 0.29) is 19.4 Å². The fourth-order valence-electron chi connectivity index (χ4n) is 3.27. The van der Waals surface area contributed by atoms with Gasteiger partial charge in [0.15, 0.2) is 5.82 Å². The van der Waals surface area contributed by atoms with Crippen LogP contribution in [-0.2, 0) is 24.2 Å². The van der Waals surface area contributed by atoms with Crippen LogP contribution in [0.4, 0.5) is 18.0 Å². The molecule has 1 N–H and O–H groups in total. The maximum Gasteiger partial charge on any atom is 0.407 e. The lowest BCUT2D eigenvalue weighted by Crippen LogP contribution is -2.32. The van der Waals surface area contributed by atoms with Gasteiger partial charge in [0.2, 0.25) is 0 Å². The van der Waals surface area contributed by atoms with E-state index in [9.17, 15) is 18.0 Å². The Balaban J connectivity index is 1.70. The number of amides is 1. The number of hydrogen-bond acceptors (Lipinski definition) is 4. The molecule has 0 fully saturated rings. The largest absolute Gasteiger partial charge is 0.444 e. The van der Waals surface area contributed by atoms with Gasteiger partial charge in [0.1, 0.15) is 11.4 Å². The van der Waals surface area contributed by atoms with E-state index in [2.05, 4.69) is 15.4 Å². The van der Waals surface area contributed by atoms with Crippen LogP contribution in [0.1, 0.15) is 44.1 Å². The fourth-order valence-corrected chi connectivity index (χ4v) is 3.27. The number of fused-ring (bicyclic) bond motifs is 1. The number of nitrogens with zero attached hydrogens (tertiary/aromatic N) is 3. The van der Waals surface area contributed by atoms with E-state index < -0.39 is 23.8 Å². The Morgan fingerprint density at radius 1 is 1.31 bits per heavy atom. The highest BCUT2D eigenvalue weighted by molar-refractivity contribution is 5.68. The van der Waals surface area contributed by atoms with E-state index in [1.807, 2.05) is 25.1 Å². The van der Waals surface area contributed by atoms with Crippen LogP contribution in [0, 0.1) is 12.8 Å². The predicted molar refractivity (Wildman–Crippen MR) is 101 cm³/mol. The second-order valence-electron chi connectivity index (χ2n) is 8.31. The smallest absolute Gasteiger partial charge is 0.407 e. The van der Waals surface area contributed by atoms with Crippen LogP contribution in [0.3, 0.4) is 0 Å². The van der Waals surface area contributed by atoms with Gasteiger partial charge in [0, 0.05) is 25.1 Å². The molecule has 2 aromatic rings. The van der Waals surface area contributed by atoms with Crippen molar-refractivity contribution in [2.24, 2.45) is 5.92 Å². The first-order valence-corrected chi connectivity index (χ1v) is 9.49. The van der Waals surface area contributed by atoms with Crippen molar-refractivity contribution in [1.29, 1.82) is 0 Å². The number of benzene rings is 1. The quantitative estimate of drug-likeness (QED) is 0.814. The van der Waals surface area contributed by atoms with Gasteiger partial charge < -0.3 is 10.1 Å². The standard InChI is InChI=1S/C20H25F3N4O2/c1-12-9-13(11-24-18(28)29-19(2,3)4)5-6-15(12)17-25-16-10-14(20(21,22)23)7-8-27(16)26-17/h5-6,9,14H,7-8,10-11H2,1-4H3,(H,24,28). The lowest BCUT2D eigenvalue weighted by atomic mass is 9.98. The average molecular weight is 410 g/mol. The van der Waals surface area contributed by atoms with Gasteiger partial charge in [-0.3, -0.25) is 0 Å². The molecule has 0 bridgehead atoms. The number of alkyl carbamates (subject to hydrolysis) is 1. The summed E-state index contributed by atoms with van der Waals surface area (Å²) >= 11 is 0. The van der Waals surface area contributed by atoms with Gasteiger partial charge in [-0.1, -0.05) is 18.2 Å². The molecule has 1 amide bonds. The van der Waals surface area contributed by atoms with Crippen molar-refractivity contribution in [3.63, 3.8) is 0 Å². The van der Waals surface area contributed by atoms with Gasteiger partial charge in [0.05, 0.1) is 5.92 Å². The molecule has 1 atom stereocenters. The van der Waals surface area contributed by atoms with E-state index in [1.54, 1.807) is 25.5 Å². The molecule has 1 aromatic carbocycles. The van der Waals surface area contributed by atoms with Gasteiger partial charge in [0.25, 0.3) is 0 Å². The van der Waals surface area contributed by atoms with Crippen LogP contribution in [0.25, 0.3) is 11.4 Å². The Bertz CT molecular complexity index is 900. The second-order valence-corrected chi connectivity index (χ2v) is 8.31. The van der Waals surface area contributed by atoms with Crippen LogP contribution in [0.15, 0.2) is 18.2 Å². The summed E-state index contributed by atoms with van der Waals surface area (Å²) < 4.78 is 45.8. The number of hydrogen-bond donors (Lipinski definition) is 1. The summed E-state index contributed by atoms with van der Waals surface area (Å²) in [6.45, 7) is 7.77. The summed E-state index contributed by atoms with van der Waals surface area (Å²) in [6, 6.07) is 5.55. The summed E-state index contributed by atoms with van der Waals surface area (Å²) in [5, 5.41) is 7.09. The van der Waals surface area contributed by atoms with Crippen molar-refractivity contribution in [3.05, 3.63) is 35.2 Å². The molecule has 2 heterocycles. The summed E-state index contributed by atoms with van der Waals surface area (Å²) in [5.41, 5.74) is 1.94. The SMILES string of the molecule is Cc1cc(CNC(=O)OC(C)(C)C)ccc1-c1nc2n(n1)CCC(C(F)(F)F)C2. The molecule has 9 heteroatoms.